The van der Waals surface area contributed by atoms with E-state index in [-0.39, 0.29) is 49.2 Å². The van der Waals surface area contributed by atoms with Crippen molar-refractivity contribution in [3.8, 4) is 23.2 Å². The minimum Gasteiger partial charge on any atom is -0.486 e. The molecule has 0 bridgehead atoms. The smallest absolute Gasteiger partial charge is 0.338 e. The number of benzene rings is 2. The van der Waals surface area contributed by atoms with Crippen molar-refractivity contribution in [1.29, 1.82) is 5.26 Å². The molecule has 4 rings (SSSR count). The molecule has 11 nitrogen and oxygen atoms in total. The molecule has 0 saturated carbocycles. The fourth-order valence-corrected chi connectivity index (χ4v) is 3.93. The van der Waals surface area contributed by atoms with Gasteiger partial charge in [-0.1, -0.05) is 6.07 Å². The molecule has 2 N–H and O–H groups in total. The van der Waals surface area contributed by atoms with Gasteiger partial charge >= 0.3 is 5.97 Å². The van der Waals surface area contributed by atoms with E-state index in [2.05, 4.69) is 26.3 Å². The maximum absolute atomic E-state index is 14.6. The third-order valence-corrected chi connectivity index (χ3v) is 5.81. The van der Waals surface area contributed by atoms with Crippen LogP contribution in [0.4, 0.5) is 16.0 Å². The molecule has 12 heteroatoms. The third kappa shape index (κ3) is 6.19. The van der Waals surface area contributed by atoms with Gasteiger partial charge in [-0.25, -0.2) is 19.2 Å². The van der Waals surface area contributed by atoms with E-state index >= 15 is 0 Å². The van der Waals surface area contributed by atoms with E-state index in [1.165, 1.54) is 17.3 Å². The second-order valence-corrected chi connectivity index (χ2v) is 8.34. The molecule has 196 valence electrons. The number of ether oxygens (including phenoxy) is 2. The van der Waals surface area contributed by atoms with Crippen molar-refractivity contribution in [2.45, 2.75) is 25.6 Å². The van der Waals surface area contributed by atoms with Crippen LogP contribution < -0.4 is 10.1 Å². The van der Waals surface area contributed by atoms with Crippen LogP contribution in [0.2, 0.25) is 0 Å². The number of aromatic nitrogens is 3. The zero-order chi connectivity index (χ0) is 27.1. The van der Waals surface area contributed by atoms with Crippen LogP contribution in [0.15, 0.2) is 48.8 Å². The molecule has 0 spiro atoms. The summed E-state index contributed by atoms with van der Waals surface area (Å²) in [6.45, 7) is 1.38. The summed E-state index contributed by atoms with van der Waals surface area (Å²) >= 11 is 0. The van der Waals surface area contributed by atoms with Crippen molar-refractivity contribution >= 4 is 23.5 Å². The second-order valence-electron chi connectivity index (χ2n) is 8.34. The number of carbonyl (C=O) groups excluding carboxylic acids is 2. The molecule has 2 unspecified atom stereocenters. The van der Waals surface area contributed by atoms with Crippen molar-refractivity contribution in [3.05, 3.63) is 59.9 Å². The molecule has 3 aromatic rings. The molecule has 1 amide bonds. The van der Waals surface area contributed by atoms with E-state index in [9.17, 15) is 19.2 Å². The van der Waals surface area contributed by atoms with Gasteiger partial charge in [0.05, 0.1) is 24.3 Å². The molecule has 1 aliphatic rings. The summed E-state index contributed by atoms with van der Waals surface area (Å²) in [6.07, 6.45) is -0.774. The number of nitrogens with zero attached hydrogens (tertiary/aromatic N) is 5. The fourth-order valence-electron chi connectivity index (χ4n) is 3.93. The summed E-state index contributed by atoms with van der Waals surface area (Å²) in [4.78, 5) is 37.6. The predicted molar refractivity (Wildman–Crippen MR) is 133 cm³/mol. The van der Waals surface area contributed by atoms with Crippen LogP contribution in [0.25, 0.3) is 11.4 Å². The van der Waals surface area contributed by atoms with E-state index in [1.807, 2.05) is 0 Å². The number of nitriles is 1. The number of hydrogen-bond donors (Lipinski definition) is 2. The second kappa shape index (κ2) is 12.1. The largest absolute Gasteiger partial charge is 0.486 e. The monoisotopic (exact) mass is 520 g/mol. The Morgan fingerprint density at radius 2 is 2.11 bits per heavy atom. The number of esters is 1. The standard InChI is InChI=1S/C26H25FN6O5/c1-2-37-25(36)17-4-3-5-19(11-17)31-26-30-15-29-24(32-26)16-6-7-21(18(10-16)12-28)38-22-8-9-33(13-20(22)27)23(35)14-34/h3-7,10-11,15,20,22,34H,2,8-9,13-14H2,1H3,(H,29,30,31,32). The topological polar surface area (TPSA) is 151 Å². The normalized spacial score (nSPS) is 16.8. The van der Waals surface area contributed by atoms with Crippen LogP contribution in [0.1, 0.15) is 29.3 Å². The van der Waals surface area contributed by atoms with Crippen molar-refractivity contribution < 1.29 is 28.6 Å². The van der Waals surface area contributed by atoms with E-state index < -0.39 is 30.8 Å². The lowest BCUT2D eigenvalue weighted by molar-refractivity contribution is -0.138. The molecule has 0 aliphatic carbocycles. The zero-order valence-corrected chi connectivity index (χ0v) is 20.5. The lowest BCUT2D eigenvalue weighted by atomic mass is 10.0. The van der Waals surface area contributed by atoms with E-state index in [0.717, 1.165) is 0 Å². The maximum atomic E-state index is 14.6. The average molecular weight is 521 g/mol. The number of carbonyl (C=O) groups is 2. The number of aliphatic hydroxyl groups is 1. The summed E-state index contributed by atoms with van der Waals surface area (Å²) < 4.78 is 25.5. The Labute approximate surface area is 217 Å². The molecule has 2 heterocycles. The molecule has 1 fully saturated rings. The van der Waals surface area contributed by atoms with Gasteiger partial charge in [-0.2, -0.15) is 10.2 Å². The van der Waals surface area contributed by atoms with Gasteiger partial charge in [0.15, 0.2) is 12.0 Å². The minimum absolute atomic E-state index is 0.167. The van der Waals surface area contributed by atoms with Gasteiger partial charge in [0.1, 0.15) is 30.9 Å². The number of likely N-dealkylation sites (tertiary alicyclic amines) is 1. The first-order valence-electron chi connectivity index (χ1n) is 11.9. The number of hydrogen-bond acceptors (Lipinski definition) is 10. The lowest BCUT2D eigenvalue weighted by Gasteiger charge is -2.34. The molecule has 2 aromatic carbocycles. The van der Waals surface area contributed by atoms with Crippen molar-refractivity contribution in [2.75, 3.05) is 31.6 Å². The number of halogens is 1. The Hall–Kier alpha value is -4.63. The number of amides is 1. The quantitative estimate of drug-likeness (QED) is 0.424. The summed E-state index contributed by atoms with van der Waals surface area (Å²) in [5.74, 6) is -0.271. The number of aliphatic hydroxyl groups excluding tert-OH is 1. The molecule has 1 saturated heterocycles. The SMILES string of the molecule is CCOC(=O)c1cccc(Nc2ncnc(-c3ccc(OC4CCN(C(=O)CO)CC4F)c(C#N)c3)n2)c1. The highest BCUT2D eigenvalue weighted by molar-refractivity contribution is 5.90. The number of alkyl halides is 1. The molecular formula is C26H25FN6O5. The first-order chi connectivity index (χ1) is 18.4. The van der Waals surface area contributed by atoms with Crippen LogP contribution in [0.5, 0.6) is 5.75 Å². The molecule has 1 aliphatic heterocycles. The third-order valence-electron chi connectivity index (χ3n) is 5.81. The van der Waals surface area contributed by atoms with Gasteiger partial charge in [0.2, 0.25) is 11.9 Å². The highest BCUT2D eigenvalue weighted by Crippen LogP contribution is 2.28. The predicted octanol–water partition coefficient (Wildman–Crippen LogP) is 2.64. The van der Waals surface area contributed by atoms with Crippen molar-refractivity contribution in [2.24, 2.45) is 0 Å². The number of nitrogens with one attached hydrogen (secondary N) is 1. The Balaban J connectivity index is 1.48. The van der Waals surface area contributed by atoms with Crippen LogP contribution >= 0.6 is 0 Å². The molecule has 38 heavy (non-hydrogen) atoms. The zero-order valence-electron chi connectivity index (χ0n) is 20.5. The van der Waals surface area contributed by atoms with Gasteiger partial charge in [0, 0.05) is 24.2 Å². The molecular weight excluding hydrogens is 495 g/mol. The fraction of sp³-hybridized carbons (Fsp3) is 0.308. The molecule has 0 radical (unpaired) electrons. The van der Waals surface area contributed by atoms with Gasteiger partial charge in [-0.15, -0.1) is 0 Å². The summed E-state index contributed by atoms with van der Waals surface area (Å²) in [6, 6.07) is 13.5. The highest BCUT2D eigenvalue weighted by Gasteiger charge is 2.33. The van der Waals surface area contributed by atoms with E-state index in [0.29, 0.717) is 16.8 Å². The van der Waals surface area contributed by atoms with Gasteiger partial charge in [0.25, 0.3) is 0 Å². The number of anilines is 2. The van der Waals surface area contributed by atoms with Gasteiger partial charge < -0.3 is 24.8 Å². The maximum Gasteiger partial charge on any atom is 0.338 e. The first-order valence-corrected chi connectivity index (χ1v) is 11.9. The Morgan fingerprint density at radius 1 is 1.26 bits per heavy atom. The van der Waals surface area contributed by atoms with Gasteiger partial charge in [-0.05, 0) is 43.3 Å². The number of piperidine rings is 1. The van der Waals surface area contributed by atoms with Crippen LogP contribution in [0.3, 0.4) is 0 Å². The minimum atomic E-state index is -1.47. The van der Waals surface area contributed by atoms with Crippen molar-refractivity contribution in [3.63, 3.8) is 0 Å². The summed E-state index contributed by atoms with van der Waals surface area (Å²) in [7, 11) is 0. The first kappa shape index (κ1) is 26.4. The lowest BCUT2D eigenvalue weighted by Crippen LogP contribution is -2.50. The van der Waals surface area contributed by atoms with Gasteiger partial charge in [-0.3, -0.25) is 4.79 Å². The Morgan fingerprint density at radius 3 is 2.84 bits per heavy atom. The highest BCUT2D eigenvalue weighted by atomic mass is 19.1. The van der Waals surface area contributed by atoms with E-state index in [1.54, 1.807) is 43.3 Å². The Kier molecular flexibility index (Phi) is 8.40. The Bertz CT molecular complexity index is 1360. The average Bonchev–Trinajstić information content (AvgIpc) is 2.94. The van der Waals surface area contributed by atoms with E-state index in [4.69, 9.17) is 14.6 Å². The van der Waals surface area contributed by atoms with Crippen LogP contribution in [-0.2, 0) is 9.53 Å². The van der Waals surface area contributed by atoms with Crippen LogP contribution in [-0.4, -0.2) is 75.4 Å². The number of rotatable bonds is 8. The molecule has 1 aromatic heterocycles. The summed E-state index contributed by atoms with van der Waals surface area (Å²) in [5.41, 5.74) is 1.63. The summed E-state index contributed by atoms with van der Waals surface area (Å²) in [5, 5.41) is 21.7. The van der Waals surface area contributed by atoms with Crippen molar-refractivity contribution in [1.82, 2.24) is 19.9 Å². The van der Waals surface area contributed by atoms with Crippen LogP contribution in [0, 0.1) is 11.3 Å². The molecule has 2 atom stereocenters.